The summed E-state index contributed by atoms with van der Waals surface area (Å²) in [5, 5.41) is -0.270. The van der Waals surface area contributed by atoms with Crippen LogP contribution in [0.15, 0.2) is 0 Å². The van der Waals surface area contributed by atoms with Crippen molar-refractivity contribution in [3.8, 4) is 0 Å². The molecule has 4 heteroatoms. The predicted octanol–water partition coefficient (Wildman–Crippen LogP) is 2.38. The van der Waals surface area contributed by atoms with Crippen LogP contribution in [0.2, 0.25) is 0 Å². The van der Waals surface area contributed by atoms with Gasteiger partial charge >= 0.3 is 0 Å². The molecule has 94 valence electrons. The Morgan fingerprint density at radius 1 is 1.06 bits per heavy atom. The molecular formula is C12H23NO2S. The van der Waals surface area contributed by atoms with E-state index in [9.17, 15) is 8.42 Å². The van der Waals surface area contributed by atoms with Crippen molar-refractivity contribution in [2.75, 3.05) is 6.54 Å². The van der Waals surface area contributed by atoms with Gasteiger partial charge in [-0.1, -0.05) is 12.8 Å². The van der Waals surface area contributed by atoms with E-state index >= 15 is 0 Å². The average molecular weight is 245 g/mol. The average Bonchev–Trinajstić information content (AvgIpc) is 2.28. The summed E-state index contributed by atoms with van der Waals surface area (Å²) in [5.41, 5.74) is 0. The highest BCUT2D eigenvalue weighted by Crippen LogP contribution is 2.37. The molecule has 2 fully saturated rings. The zero-order chi connectivity index (χ0) is 11.8. The van der Waals surface area contributed by atoms with Crippen molar-refractivity contribution in [2.45, 2.75) is 63.7 Å². The molecule has 0 N–H and O–H groups in total. The first-order chi connectivity index (χ1) is 7.53. The van der Waals surface area contributed by atoms with Gasteiger partial charge in [0, 0.05) is 12.6 Å². The minimum Gasteiger partial charge on any atom is -0.212 e. The van der Waals surface area contributed by atoms with Crippen LogP contribution in [0.4, 0.5) is 0 Å². The SMILES string of the molecule is CC(C)S(=O)(=O)N1CCCC2CCCCC21. The Balaban J connectivity index is 2.20. The number of hydrogen-bond acceptors (Lipinski definition) is 2. The highest BCUT2D eigenvalue weighted by atomic mass is 32.2. The van der Waals surface area contributed by atoms with E-state index in [1.165, 1.54) is 25.7 Å². The molecule has 1 heterocycles. The molecule has 1 aliphatic heterocycles. The Bertz CT molecular complexity index is 335. The molecule has 1 aliphatic carbocycles. The summed E-state index contributed by atoms with van der Waals surface area (Å²) in [6.45, 7) is 4.34. The highest BCUT2D eigenvalue weighted by molar-refractivity contribution is 7.89. The van der Waals surface area contributed by atoms with Gasteiger partial charge in [-0.25, -0.2) is 8.42 Å². The largest absolute Gasteiger partial charge is 0.216 e. The number of piperidine rings is 1. The van der Waals surface area contributed by atoms with Gasteiger partial charge in [0.15, 0.2) is 0 Å². The molecule has 2 atom stereocenters. The van der Waals surface area contributed by atoms with Gasteiger partial charge in [-0.3, -0.25) is 0 Å². The second-order valence-electron chi connectivity index (χ2n) is 5.46. The number of hydrogen-bond donors (Lipinski definition) is 0. The lowest BCUT2D eigenvalue weighted by atomic mass is 9.79. The van der Waals surface area contributed by atoms with Crippen molar-refractivity contribution in [3.05, 3.63) is 0 Å². The topological polar surface area (TPSA) is 37.4 Å². The van der Waals surface area contributed by atoms with Crippen molar-refractivity contribution in [2.24, 2.45) is 5.92 Å². The molecule has 0 aromatic rings. The van der Waals surface area contributed by atoms with Crippen LogP contribution in [0, 0.1) is 5.92 Å². The summed E-state index contributed by atoms with van der Waals surface area (Å²) < 4.78 is 26.4. The van der Waals surface area contributed by atoms with E-state index in [2.05, 4.69) is 0 Å². The monoisotopic (exact) mass is 245 g/mol. The van der Waals surface area contributed by atoms with Gasteiger partial charge < -0.3 is 0 Å². The molecule has 0 aromatic heterocycles. The van der Waals surface area contributed by atoms with Crippen molar-refractivity contribution >= 4 is 10.0 Å². The Morgan fingerprint density at radius 3 is 2.38 bits per heavy atom. The van der Waals surface area contributed by atoms with Crippen LogP contribution < -0.4 is 0 Å². The van der Waals surface area contributed by atoms with E-state index in [0.717, 1.165) is 19.4 Å². The summed E-state index contributed by atoms with van der Waals surface area (Å²) in [4.78, 5) is 0. The number of fused-ring (bicyclic) bond motifs is 1. The quantitative estimate of drug-likeness (QED) is 0.749. The molecular weight excluding hydrogens is 222 g/mol. The molecule has 2 aliphatic rings. The van der Waals surface area contributed by atoms with E-state index in [0.29, 0.717) is 12.0 Å². The first-order valence-electron chi connectivity index (χ1n) is 6.54. The zero-order valence-electron chi connectivity index (χ0n) is 10.4. The van der Waals surface area contributed by atoms with Crippen LogP contribution in [-0.2, 0) is 10.0 Å². The molecule has 1 saturated carbocycles. The van der Waals surface area contributed by atoms with Crippen LogP contribution in [-0.4, -0.2) is 30.6 Å². The minimum atomic E-state index is -3.04. The van der Waals surface area contributed by atoms with E-state index in [-0.39, 0.29) is 5.25 Å². The molecule has 3 nitrogen and oxygen atoms in total. The van der Waals surface area contributed by atoms with Gasteiger partial charge in [0.2, 0.25) is 10.0 Å². The normalized spacial score (nSPS) is 32.7. The van der Waals surface area contributed by atoms with Crippen molar-refractivity contribution in [1.29, 1.82) is 0 Å². The Kier molecular flexibility index (Phi) is 3.59. The van der Waals surface area contributed by atoms with Crippen LogP contribution in [0.3, 0.4) is 0 Å². The molecule has 0 spiro atoms. The van der Waals surface area contributed by atoms with Gasteiger partial charge in [0.05, 0.1) is 5.25 Å². The lowest BCUT2D eigenvalue weighted by Crippen LogP contribution is -2.51. The maximum Gasteiger partial charge on any atom is 0.216 e. The molecule has 0 aromatic carbocycles. The van der Waals surface area contributed by atoms with Crippen molar-refractivity contribution in [1.82, 2.24) is 4.31 Å². The van der Waals surface area contributed by atoms with E-state index in [1.807, 2.05) is 4.31 Å². The molecule has 2 unspecified atom stereocenters. The predicted molar refractivity (Wildman–Crippen MR) is 65.7 cm³/mol. The van der Waals surface area contributed by atoms with Gasteiger partial charge in [0.25, 0.3) is 0 Å². The maximum absolute atomic E-state index is 12.3. The second-order valence-corrected chi connectivity index (χ2v) is 7.90. The Labute approximate surface area is 99.3 Å². The lowest BCUT2D eigenvalue weighted by molar-refractivity contribution is 0.128. The van der Waals surface area contributed by atoms with Gasteiger partial charge in [-0.15, -0.1) is 0 Å². The summed E-state index contributed by atoms with van der Waals surface area (Å²) in [5.74, 6) is 0.635. The Hall–Kier alpha value is -0.0900. The molecule has 2 rings (SSSR count). The summed E-state index contributed by atoms with van der Waals surface area (Å²) in [7, 11) is -3.04. The maximum atomic E-state index is 12.3. The Morgan fingerprint density at radius 2 is 1.69 bits per heavy atom. The minimum absolute atomic E-state index is 0.270. The van der Waals surface area contributed by atoms with Gasteiger partial charge in [-0.2, -0.15) is 4.31 Å². The second kappa shape index (κ2) is 4.65. The molecule has 0 amide bonds. The van der Waals surface area contributed by atoms with Crippen LogP contribution in [0.1, 0.15) is 52.4 Å². The lowest BCUT2D eigenvalue weighted by Gasteiger charge is -2.43. The standard InChI is InChI=1S/C12H23NO2S/c1-10(2)16(14,15)13-9-5-7-11-6-3-4-8-12(11)13/h10-12H,3-9H2,1-2H3. The number of rotatable bonds is 2. The third-order valence-corrected chi connectivity index (χ3v) is 6.41. The molecule has 1 saturated heterocycles. The fourth-order valence-electron chi connectivity index (χ4n) is 3.17. The number of nitrogens with zero attached hydrogens (tertiary/aromatic N) is 1. The fraction of sp³-hybridized carbons (Fsp3) is 1.00. The number of sulfonamides is 1. The van der Waals surface area contributed by atoms with Crippen molar-refractivity contribution in [3.63, 3.8) is 0 Å². The fourth-order valence-corrected chi connectivity index (χ4v) is 4.75. The molecule has 0 bridgehead atoms. The van der Waals surface area contributed by atoms with Crippen LogP contribution in [0.25, 0.3) is 0 Å². The van der Waals surface area contributed by atoms with Crippen LogP contribution in [0.5, 0.6) is 0 Å². The zero-order valence-corrected chi connectivity index (χ0v) is 11.2. The first kappa shape index (κ1) is 12.4. The van der Waals surface area contributed by atoms with E-state index in [4.69, 9.17) is 0 Å². The third kappa shape index (κ3) is 2.14. The first-order valence-corrected chi connectivity index (χ1v) is 8.04. The van der Waals surface area contributed by atoms with Gasteiger partial charge in [-0.05, 0) is 45.4 Å². The van der Waals surface area contributed by atoms with Crippen LogP contribution >= 0.6 is 0 Å². The summed E-state index contributed by atoms with van der Waals surface area (Å²) >= 11 is 0. The van der Waals surface area contributed by atoms with Gasteiger partial charge in [0.1, 0.15) is 0 Å². The van der Waals surface area contributed by atoms with E-state index in [1.54, 1.807) is 13.8 Å². The van der Waals surface area contributed by atoms with Crippen molar-refractivity contribution < 1.29 is 8.42 Å². The highest BCUT2D eigenvalue weighted by Gasteiger charge is 2.40. The molecule has 0 radical (unpaired) electrons. The summed E-state index contributed by atoms with van der Waals surface area (Å²) in [6.07, 6.45) is 7.08. The third-order valence-electron chi connectivity index (χ3n) is 4.11. The summed E-state index contributed by atoms with van der Waals surface area (Å²) in [6, 6.07) is 0.315. The van der Waals surface area contributed by atoms with E-state index < -0.39 is 10.0 Å². The molecule has 16 heavy (non-hydrogen) atoms. The smallest absolute Gasteiger partial charge is 0.212 e.